The number of hydrogen-bond donors (Lipinski definition) is 1. The zero-order valence-electron chi connectivity index (χ0n) is 18.1. The molecule has 0 spiro atoms. The van der Waals surface area contributed by atoms with E-state index in [9.17, 15) is 4.79 Å². The Morgan fingerprint density at radius 2 is 1.97 bits per heavy atom. The Hall–Kier alpha value is -3.67. The highest BCUT2D eigenvalue weighted by Crippen LogP contribution is 2.29. The van der Waals surface area contributed by atoms with Crippen LogP contribution in [-0.4, -0.2) is 46.0 Å². The van der Waals surface area contributed by atoms with E-state index in [4.69, 9.17) is 9.72 Å². The van der Waals surface area contributed by atoms with Crippen molar-refractivity contribution >= 4 is 16.8 Å². The average Bonchev–Trinajstić information content (AvgIpc) is 3.27. The van der Waals surface area contributed by atoms with Crippen molar-refractivity contribution in [1.29, 1.82) is 0 Å². The number of aromatic nitrogens is 3. The second-order valence-corrected chi connectivity index (χ2v) is 8.25. The van der Waals surface area contributed by atoms with Gasteiger partial charge < -0.3 is 14.6 Å². The summed E-state index contributed by atoms with van der Waals surface area (Å²) in [6.07, 6.45) is 7.83. The molecule has 6 nitrogen and oxygen atoms in total. The Morgan fingerprint density at radius 3 is 2.81 bits per heavy atom. The van der Waals surface area contributed by atoms with E-state index in [1.807, 2.05) is 59.8 Å². The van der Waals surface area contributed by atoms with Crippen molar-refractivity contribution in [2.75, 3.05) is 20.2 Å². The molecule has 0 saturated carbocycles. The van der Waals surface area contributed by atoms with Crippen molar-refractivity contribution in [3.8, 4) is 17.0 Å². The molecular formula is C26H26N4O2. The molecule has 5 rings (SSSR count). The smallest absolute Gasteiger partial charge is 0.227 e. The number of nitrogens with zero attached hydrogens (tertiary/aromatic N) is 3. The Bertz CT molecular complexity index is 1240. The number of amides is 1. The highest BCUT2D eigenvalue weighted by atomic mass is 16.5. The molecule has 4 aromatic rings. The number of carbonyl (C=O) groups excluding carboxylic acids is 1. The maximum Gasteiger partial charge on any atom is 0.227 e. The van der Waals surface area contributed by atoms with Crippen molar-refractivity contribution in [3.63, 3.8) is 0 Å². The standard InChI is InChI=1S/C26H26N4O2/c1-32-21-6-4-5-19(13-21)25-17-27-16-24(29-25)18-9-11-30(12-10-18)26(31)14-20-15-28-23-8-3-2-7-22(20)23/h2-8,13,15-18,28H,9-12,14H2,1H3. The first-order chi connectivity index (χ1) is 15.7. The molecule has 1 aliphatic heterocycles. The molecule has 0 unspecified atom stereocenters. The quantitative estimate of drug-likeness (QED) is 0.507. The first-order valence-electron chi connectivity index (χ1n) is 11.0. The van der Waals surface area contributed by atoms with Crippen LogP contribution in [0.15, 0.2) is 67.1 Å². The molecule has 162 valence electrons. The lowest BCUT2D eigenvalue weighted by Crippen LogP contribution is -2.38. The van der Waals surface area contributed by atoms with E-state index in [0.717, 1.165) is 65.1 Å². The fourth-order valence-corrected chi connectivity index (χ4v) is 4.48. The van der Waals surface area contributed by atoms with Gasteiger partial charge in [-0.3, -0.25) is 9.78 Å². The largest absolute Gasteiger partial charge is 0.497 e. The van der Waals surface area contributed by atoms with Crippen LogP contribution in [0.3, 0.4) is 0 Å². The molecular weight excluding hydrogens is 400 g/mol. The second kappa shape index (κ2) is 8.83. The third kappa shape index (κ3) is 4.08. The van der Waals surface area contributed by atoms with Crippen molar-refractivity contribution in [1.82, 2.24) is 19.9 Å². The Labute approximate surface area is 187 Å². The molecule has 1 N–H and O–H groups in total. The minimum absolute atomic E-state index is 0.185. The van der Waals surface area contributed by atoms with E-state index in [-0.39, 0.29) is 5.91 Å². The van der Waals surface area contributed by atoms with Gasteiger partial charge in [-0.1, -0.05) is 30.3 Å². The van der Waals surface area contributed by atoms with Gasteiger partial charge in [0.05, 0.1) is 31.1 Å². The lowest BCUT2D eigenvalue weighted by Gasteiger charge is -2.31. The van der Waals surface area contributed by atoms with E-state index >= 15 is 0 Å². The van der Waals surface area contributed by atoms with E-state index in [1.54, 1.807) is 13.3 Å². The van der Waals surface area contributed by atoms with Gasteiger partial charge in [-0.25, -0.2) is 4.98 Å². The highest BCUT2D eigenvalue weighted by Gasteiger charge is 2.25. The maximum atomic E-state index is 12.9. The molecule has 2 aromatic carbocycles. The maximum absolute atomic E-state index is 12.9. The number of nitrogens with one attached hydrogen (secondary N) is 1. The number of fused-ring (bicyclic) bond motifs is 1. The summed E-state index contributed by atoms with van der Waals surface area (Å²) in [4.78, 5) is 27.5. The van der Waals surface area contributed by atoms with Crippen LogP contribution in [0.1, 0.15) is 30.0 Å². The fraction of sp³-hybridized carbons (Fsp3) is 0.269. The number of carbonyl (C=O) groups is 1. The van der Waals surface area contributed by atoms with Gasteiger partial charge in [0.2, 0.25) is 5.91 Å². The van der Waals surface area contributed by atoms with Gasteiger partial charge in [-0.15, -0.1) is 0 Å². The van der Waals surface area contributed by atoms with Gasteiger partial charge in [0.1, 0.15) is 5.75 Å². The summed E-state index contributed by atoms with van der Waals surface area (Å²) in [6, 6.07) is 16.0. The molecule has 2 aromatic heterocycles. The van der Waals surface area contributed by atoms with Crippen molar-refractivity contribution < 1.29 is 9.53 Å². The monoisotopic (exact) mass is 426 g/mol. The molecule has 3 heterocycles. The molecule has 0 radical (unpaired) electrons. The first-order valence-corrected chi connectivity index (χ1v) is 11.0. The predicted molar refractivity (Wildman–Crippen MR) is 125 cm³/mol. The van der Waals surface area contributed by atoms with Crippen LogP contribution in [0.2, 0.25) is 0 Å². The molecule has 0 atom stereocenters. The molecule has 6 heteroatoms. The number of likely N-dealkylation sites (tertiary alicyclic amines) is 1. The minimum Gasteiger partial charge on any atom is -0.497 e. The normalized spacial score (nSPS) is 14.6. The van der Waals surface area contributed by atoms with Gasteiger partial charge in [0.25, 0.3) is 0 Å². The number of H-pyrrole nitrogens is 1. The zero-order chi connectivity index (χ0) is 21.9. The van der Waals surface area contributed by atoms with Crippen molar-refractivity contribution in [3.05, 3.63) is 78.4 Å². The highest BCUT2D eigenvalue weighted by molar-refractivity contribution is 5.88. The summed E-state index contributed by atoms with van der Waals surface area (Å²) < 4.78 is 5.33. The molecule has 1 amide bonds. The van der Waals surface area contributed by atoms with Crippen molar-refractivity contribution in [2.45, 2.75) is 25.2 Å². The number of aromatic amines is 1. The summed E-state index contributed by atoms with van der Waals surface area (Å²) >= 11 is 0. The van der Waals surface area contributed by atoms with Crippen LogP contribution < -0.4 is 4.74 Å². The van der Waals surface area contributed by atoms with Crippen molar-refractivity contribution in [2.24, 2.45) is 0 Å². The number of piperidine rings is 1. The van der Waals surface area contributed by atoms with E-state index in [0.29, 0.717) is 12.3 Å². The molecule has 1 saturated heterocycles. The molecule has 0 bridgehead atoms. The summed E-state index contributed by atoms with van der Waals surface area (Å²) in [5.74, 6) is 1.30. The summed E-state index contributed by atoms with van der Waals surface area (Å²) in [5.41, 5.74) is 4.96. The van der Waals surface area contributed by atoms with E-state index < -0.39 is 0 Å². The third-order valence-corrected chi connectivity index (χ3v) is 6.30. The summed E-state index contributed by atoms with van der Waals surface area (Å²) in [6.45, 7) is 1.49. The number of benzene rings is 2. The fourth-order valence-electron chi connectivity index (χ4n) is 4.48. The topological polar surface area (TPSA) is 71.1 Å². The minimum atomic E-state index is 0.185. The van der Waals surface area contributed by atoms with Gasteiger partial charge in [0, 0.05) is 47.9 Å². The predicted octanol–water partition coefficient (Wildman–Crippen LogP) is 4.58. The van der Waals surface area contributed by atoms with Crippen LogP contribution >= 0.6 is 0 Å². The number of hydrogen-bond acceptors (Lipinski definition) is 4. The number of methoxy groups -OCH3 is 1. The lowest BCUT2D eigenvalue weighted by molar-refractivity contribution is -0.131. The van der Waals surface area contributed by atoms with Gasteiger partial charge in [-0.05, 0) is 36.6 Å². The molecule has 1 aliphatic rings. The molecule has 0 aliphatic carbocycles. The second-order valence-electron chi connectivity index (χ2n) is 8.25. The van der Waals surface area contributed by atoms with Gasteiger partial charge >= 0.3 is 0 Å². The van der Waals surface area contributed by atoms with Crippen LogP contribution in [0, 0.1) is 0 Å². The summed E-state index contributed by atoms with van der Waals surface area (Å²) in [5, 5.41) is 1.13. The number of ether oxygens (including phenoxy) is 1. The third-order valence-electron chi connectivity index (χ3n) is 6.30. The molecule has 1 fully saturated rings. The number of para-hydroxylation sites is 1. The van der Waals surface area contributed by atoms with E-state index in [1.165, 1.54) is 0 Å². The zero-order valence-corrected chi connectivity index (χ0v) is 18.1. The van der Waals surface area contributed by atoms with Crippen LogP contribution in [0.4, 0.5) is 0 Å². The number of rotatable bonds is 5. The lowest BCUT2D eigenvalue weighted by atomic mass is 9.93. The Balaban J connectivity index is 1.24. The SMILES string of the molecule is COc1cccc(-c2cncc(C3CCN(C(=O)Cc4c[nH]c5ccccc45)CC3)n2)c1. The summed E-state index contributed by atoms with van der Waals surface area (Å²) in [7, 11) is 1.66. The van der Waals surface area contributed by atoms with Gasteiger partial charge in [-0.2, -0.15) is 0 Å². The van der Waals surface area contributed by atoms with Crippen LogP contribution in [-0.2, 0) is 11.2 Å². The van der Waals surface area contributed by atoms with Crippen LogP contribution in [0.25, 0.3) is 22.2 Å². The molecule has 32 heavy (non-hydrogen) atoms. The van der Waals surface area contributed by atoms with E-state index in [2.05, 4.69) is 16.0 Å². The Morgan fingerprint density at radius 1 is 1.12 bits per heavy atom. The Kier molecular flexibility index (Phi) is 5.58. The first kappa shape index (κ1) is 20.2. The average molecular weight is 427 g/mol. The van der Waals surface area contributed by atoms with Gasteiger partial charge in [0.15, 0.2) is 0 Å². The van der Waals surface area contributed by atoms with Crippen LogP contribution in [0.5, 0.6) is 5.75 Å².